The lowest BCUT2D eigenvalue weighted by atomic mass is 10.1. The average Bonchev–Trinajstić information content (AvgIpc) is 2.50. The number of sulfonamides is 1. The van der Waals surface area contributed by atoms with Crippen molar-refractivity contribution in [2.24, 2.45) is 0 Å². The number of nitrogens with one attached hydrogen (secondary N) is 1. The Morgan fingerprint density at radius 3 is 2.32 bits per heavy atom. The molecule has 0 fully saturated rings. The smallest absolute Gasteiger partial charge is 0.213 e. The summed E-state index contributed by atoms with van der Waals surface area (Å²) in [6.45, 7) is 6.31. The van der Waals surface area contributed by atoms with E-state index in [1.165, 1.54) is 7.11 Å². The van der Waals surface area contributed by atoms with Crippen LogP contribution >= 0.6 is 11.6 Å². The normalized spacial score (nSPS) is 13.5. The van der Waals surface area contributed by atoms with Crippen LogP contribution in [0.3, 0.4) is 0 Å². The predicted molar refractivity (Wildman–Crippen MR) is 90.8 cm³/mol. The molecular weight excluding hydrogens is 324 g/mol. The van der Waals surface area contributed by atoms with Crippen LogP contribution in [0.1, 0.15) is 25.5 Å². The fourth-order valence-corrected chi connectivity index (χ4v) is 3.35. The quantitative estimate of drug-likeness (QED) is 0.704. The summed E-state index contributed by atoms with van der Waals surface area (Å²) in [5, 5.41) is 0.669. The topological polar surface area (TPSA) is 58.6 Å². The van der Waals surface area contributed by atoms with Crippen molar-refractivity contribution in [1.82, 2.24) is 9.62 Å². The largest absolute Gasteiger partial charge is 0.384 e. The minimum Gasteiger partial charge on any atom is -0.384 e. The summed E-state index contributed by atoms with van der Waals surface area (Å²) in [5.74, 6) is -0.0327. The van der Waals surface area contributed by atoms with Crippen LogP contribution in [0, 0.1) is 0 Å². The molecule has 0 saturated carbocycles. The van der Waals surface area contributed by atoms with Gasteiger partial charge >= 0.3 is 0 Å². The highest BCUT2D eigenvalue weighted by atomic mass is 35.5. The van der Waals surface area contributed by atoms with Crippen LogP contribution in [0.2, 0.25) is 5.02 Å². The molecule has 1 aromatic carbocycles. The van der Waals surface area contributed by atoms with Crippen molar-refractivity contribution in [2.45, 2.75) is 19.9 Å². The molecule has 1 N–H and O–H groups in total. The van der Waals surface area contributed by atoms with Gasteiger partial charge < -0.3 is 4.74 Å². The first-order valence-electron chi connectivity index (χ1n) is 7.39. The summed E-state index contributed by atoms with van der Waals surface area (Å²) in [6, 6.07) is 7.51. The van der Waals surface area contributed by atoms with E-state index in [0.717, 1.165) is 18.7 Å². The number of ether oxygens (including phenoxy) is 1. The molecule has 126 valence electrons. The van der Waals surface area contributed by atoms with Gasteiger partial charge in [-0.25, -0.2) is 13.1 Å². The van der Waals surface area contributed by atoms with Crippen LogP contribution in [-0.2, 0) is 14.8 Å². The summed E-state index contributed by atoms with van der Waals surface area (Å²) in [6.07, 6.45) is 0. The van der Waals surface area contributed by atoms with E-state index in [0.29, 0.717) is 11.6 Å². The Hall–Kier alpha value is -0.660. The molecule has 0 spiro atoms. The molecule has 0 aromatic heterocycles. The van der Waals surface area contributed by atoms with Crippen molar-refractivity contribution < 1.29 is 13.2 Å². The Balaban J connectivity index is 2.85. The molecule has 7 heteroatoms. The van der Waals surface area contributed by atoms with Gasteiger partial charge in [-0.05, 0) is 30.8 Å². The van der Waals surface area contributed by atoms with Gasteiger partial charge in [0.1, 0.15) is 0 Å². The van der Waals surface area contributed by atoms with E-state index in [2.05, 4.69) is 23.5 Å². The molecule has 0 radical (unpaired) electrons. The van der Waals surface area contributed by atoms with Crippen molar-refractivity contribution in [3.63, 3.8) is 0 Å². The molecule has 0 bridgehead atoms. The first-order valence-corrected chi connectivity index (χ1v) is 9.42. The van der Waals surface area contributed by atoms with E-state index in [1.54, 1.807) is 0 Å². The summed E-state index contributed by atoms with van der Waals surface area (Å²) in [5.41, 5.74) is 1.04. The molecule has 5 nitrogen and oxygen atoms in total. The zero-order valence-corrected chi connectivity index (χ0v) is 15.0. The molecule has 1 aromatic rings. The highest BCUT2D eigenvalue weighted by molar-refractivity contribution is 7.89. The molecular formula is C15H25ClN2O3S. The van der Waals surface area contributed by atoms with Gasteiger partial charge in [-0.15, -0.1) is 0 Å². The SMILES string of the molecule is CCN(CC)C(CNS(=O)(=O)CCOC)c1ccc(Cl)cc1. The Kier molecular flexibility index (Phi) is 8.35. The maximum atomic E-state index is 11.9. The minimum absolute atomic E-state index is 0.0235. The summed E-state index contributed by atoms with van der Waals surface area (Å²) in [4.78, 5) is 2.21. The predicted octanol–water partition coefficient (Wildman–Crippen LogP) is 2.29. The summed E-state index contributed by atoms with van der Waals surface area (Å²) in [7, 11) is -1.84. The molecule has 1 rings (SSSR count). The summed E-state index contributed by atoms with van der Waals surface area (Å²) < 4.78 is 31.4. The number of rotatable bonds is 10. The number of benzene rings is 1. The lowest BCUT2D eigenvalue weighted by molar-refractivity contribution is 0.214. The summed E-state index contributed by atoms with van der Waals surface area (Å²) >= 11 is 5.93. The number of hydrogen-bond acceptors (Lipinski definition) is 4. The molecule has 1 unspecified atom stereocenters. The lowest BCUT2D eigenvalue weighted by Gasteiger charge is -2.30. The molecule has 0 aliphatic heterocycles. The van der Waals surface area contributed by atoms with Crippen LogP contribution in [0.5, 0.6) is 0 Å². The zero-order chi connectivity index (χ0) is 16.6. The van der Waals surface area contributed by atoms with Crippen molar-refractivity contribution in [3.8, 4) is 0 Å². The third-order valence-corrected chi connectivity index (χ3v) is 5.12. The minimum atomic E-state index is -3.33. The molecule has 0 aliphatic rings. The number of halogens is 1. The van der Waals surface area contributed by atoms with Crippen molar-refractivity contribution in [3.05, 3.63) is 34.9 Å². The fourth-order valence-electron chi connectivity index (χ4n) is 2.28. The van der Waals surface area contributed by atoms with Gasteiger partial charge in [-0.3, -0.25) is 4.90 Å². The first kappa shape index (κ1) is 19.4. The van der Waals surface area contributed by atoms with Gasteiger partial charge in [-0.1, -0.05) is 37.6 Å². The molecule has 0 heterocycles. The van der Waals surface area contributed by atoms with E-state index in [1.807, 2.05) is 24.3 Å². The number of methoxy groups -OCH3 is 1. The van der Waals surface area contributed by atoms with Gasteiger partial charge in [-0.2, -0.15) is 0 Å². The highest BCUT2D eigenvalue weighted by Gasteiger charge is 2.20. The van der Waals surface area contributed by atoms with Crippen LogP contribution in [0.4, 0.5) is 0 Å². The second-order valence-electron chi connectivity index (χ2n) is 4.95. The van der Waals surface area contributed by atoms with E-state index in [-0.39, 0.29) is 18.4 Å². The van der Waals surface area contributed by atoms with E-state index < -0.39 is 10.0 Å². The monoisotopic (exact) mass is 348 g/mol. The number of hydrogen-bond donors (Lipinski definition) is 1. The fraction of sp³-hybridized carbons (Fsp3) is 0.600. The molecule has 22 heavy (non-hydrogen) atoms. The highest BCUT2D eigenvalue weighted by Crippen LogP contribution is 2.22. The van der Waals surface area contributed by atoms with Gasteiger partial charge in [0, 0.05) is 24.7 Å². The lowest BCUT2D eigenvalue weighted by Crippen LogP contribution is -2.39. The molecule has 0 amide bonds. The number of nitrogens with zero attached hydrogens (tertiary/aromatic N) is 1. The van der Waals surface area contributed by atoms with Gasteiger partial charge in [0.2, 0.25) is 10.0 Å². The third-order valence-electron chi connectivity index (χ3n) is 3.56. The van der Waals surface area contributed by atoms with Crippen LogP contribution in [0.15, 0.2) is 24.3 Å². The zero-order valence-electron chi connectivity index (χ0n) is 13.4. The van der Waals surface area contributed by atoms with E-state index >= 15 is 0 Å². The van der Waals surface area contributed by atoms with Crippen LogP contribution in [-0.4, -0.2) is 52.4 Å². The third kappa shape index (κ3) is 6.22. The maximum absolute atomic E-state index is 11.9. The first-order chi connectivity index (χ1) is 10.4. The van der Waals surface area contributed by atoms with E-state index in [9.17, 15) is 8.42 Å². The molecule has 0 saturated heterocycles. The van der Waals surface area contributed by atoms with Crippen molar-refractivity contribution in [2.75, 3.05) is 39.1 Å². The van der Waals surface area contributed by atoms with Gasteiger partial charge in [0.25, 0.3) is 0 Å². The van der Waals surface area contributed by atoms with Crippen molar-refractivity contribution >= 4 is 21.6 Å². The second kappa shape index (κ2) is 9.47. The Morgan fingerprint density at radius 2 is 1.82 bits per heavy atom. The molecule has 1 atom stereocenters. The molecule has 0 aliphatic carbocycles. The van der Waals surface area contributed by atoms with Gasteiger partial charge in [0.15, 0.2) is 0 Å². The standard InChI is InChI=1S/C15H25ClN2O3S/c1-4-18(5-2)15(13-6-8-14(16)9-7-13)12-17-22(19,20)11-10-21-3/h6-9,15,17H,4-5,10-12H2,1-3H3. The number of likely N-dealkylation sites (N-methyl/N-ethyl adjacent to an activating group) is 1. The van der Waals surface area contributed by atoms with Crippen LogP contribution in [0.25, 0.3) is 0 Å². The maximum Gasteiger partial charge on any atom is 0.213 e. The van der Waals surface area contributed by atoms with Gasteiger partial charge in [0.05, 0.1) is 12.4 Å². The van der Waals surface area contributed by atoms with E-state index in [4.69, 9.17) is 16.3 Å². The average molecular weight is 349 g/mol. The Labute approximate surface area is 138 Å². The second-order valence-corrected chi connectivity index (χ2v) is 7.31. The Morgan fingerprint density at radius 1 is 1.23 bits per heavy atom. The van der Waals surface area contributed by atoms with Crippen molar-refractivity contribution in [1.29, 1.82) is 0 Å². The van der Waals surface area contributed by atoms with Crippen LogP contribution < -0.4 is 4.72 Å². The Bertz CT molecular complexity index is 530.